The van der Waals surface area contributed by atoms with Crippen molar-refractivity contribution in [2.24, 2.45) is 5.92 Å². The van der Waals surface area contributed by atoms with Gasteiger partial charge in [0.1, 0.15) is 5.82 Å². The molecule has 0 amide bonds. The van der Waals surface area contributed by atoms with Crippen LogP contribution >= 0.6 is 0 Å². The van der Waals surface area contributed by atoms with Gasteiger partial charge in [-0.2, -0.15) is 0 Å². The van der Waals surface area contributed by atoms with Crippen molar-refractivity contribution in [3.05, 3.63) is 29.6 Å². The zero-order valence-corrected chi connectivity index (χ0v) is 12.1. The van der Waals surface area contributed by atoms with Crippen molar-refractivity contribution in [3.63, 3.8) is 0 Å². The molecule has 0 spiro atoms. The molecule has 1 aromatic rings. The fraction of sp³-hybridized carbons (Fsp3) is 0.625. The molecule has 1 aromatic carbocycles. The average molecular weight is 264 g/mol. The zero-order valence-electron chi connectivity index (χ0n) is 12.1. The maximum atomic E-state index is 13.4. The highest BCUT2D eigenvalue weighted by atomic mass is 19.1. The molecule has 3 heteroatoms. The summed E-state index contributed by atoms with van der Waals surface area (Å²) in [5.41, 5.74) is 2.27. The lowest BCUT2D eigenvalue weighted by atomic mass is 9.98. The molecule has 19 heavy (non-hydrogen) atoms. The molecule has 1 aliphatic heterocycles. The number of hydrogen-bond donors (Lipinski definition) is 1. The summed E-state index contributed by atoms with van der Waals surface area (Å²) in [7, 11) is 1.91. The monoisotopic (exact) mass is 264 g/mol. The summed E-state index contributed by atoms with van der Waals surface area (Å²) in [6.07, 6.45) is 5.11. The van der Waals surface area contributed by atoms with Gasteiger partial charge in [0.2, 0.25) is 0 Å². The Morgan fingerprint density at radius 3 is 2.89 bits per heavy atom. The molecule has 0 bridgehead atoms. The van der Waals surface area contributed by atoms with Gasteiger partial charge in [-0.25, -0.2) is 4.39 Å². The van der Waals surface area contributed by atoms with Gasteiger partial charge in [-0.05, 0) is 56.0 Å². The van der Waals surface area contributed by atoms with Crippen LogP contribution in [0.25, 0.3) is 0 Å². The smallest absolute Gasteiger partial charge is 0.123 e. The fourth-order valence-electron chi connectivity index (χ4n) is 3.01. The van der Waals surface area contributed by atoms with E-state index in [-0.39, 0.29) is 5.82 Å². The molecule has 1 atom stereocenters. The molecule has 1 heterocycles. The van der Waals surface area contributed by atoms with Crippen LogP contribution in [-0.4, -0.2) is 20.1 Å². The van der Waals surface area contributed by atoms with Gasteiger partial charge in [0.15, 0.2) is 0 Å². The van der Waals surface area contributed by atoms with Crippen LogP contribution < -0.4 is 10.2 Å². The van der Waals surface area contributed by atoms with Crippen LogP contribution in [0.3, 0.4) is 0 Å². The topological polar surface area (TPSA) is 15.3 Å². The maximum Gasteiger partial charge on any atom is 0.123 e. The summed E-state index contributed by atoms with van der Waals surface area (Å²) < 4.78 is 13.4. The van der Waals surface area contributed by atoms with Crippen molar-refractivity contribution < 1.29 is 4.39 Å². The van der Waals surface area contributed by atoms with E-state index in [4.69, 9.17) is 0 Å². The Labute approximate surface area is 116 Å². The Bertz CT molecular complexity index is 406. The second-order valence-electron chi connectivity index (χ2n) is 5.50. The van der Waals surface area contributed by atoms with Gasteiger partial charge in [-0.3, -0.25) is 0 Å². The van der Waals surface area contributed by atoms with Gasteiger partial charge in [0.05, 0.1) is 0 Å². The standard InChI is InChI=1S/C16H25FN2/c1-3-13-5-4-9-19(10-8-13)16-7-6-15(17)11-14(16)12-18-2/h6-7,11,13,18H,3-5,8-10,12H2,1-2H3. The molecule has 1 aliphatic rings. The molecular weight excluding hydrogens is 239 g/mol. The normalized spacial score (nSPS) is 20.4. The Hall–Kier alpha value is -1.09. The van der Waals surface area contributed by atoms with E-state index in [1.165, 1.54) is 31.4 Å². The molecular formula is C16H25FN2. The van der Waals surface area contributed by atoms with Gasteiger partial charge in [0.25, 0.3) is 0 Å². The zero-order chi connectivity index (χ0) is 13.7. The van der Waals surface area contributed by atoms with Gasteiger partial charge >= 0.3 is 0 Å². The SMILES string of the molecule is CCC1CCCN(c2ccc(F)cc2CNC)CC1. The van der Waals surface area contributed by atoms with Crippen LogP contribution in [0.1, 0.15) is 38.2 Å². The number of nitrogens with one attached hydrogen (secondary N) is 1. The highest BCUT2D eigenvalue weighted by Crippen LogP contribution is 2.27. The summed E-state index contributed by atoms with van der Waals surface area (Å²) in [5.74, 6) is 0.716. The molecule has 2 nitrogen and oxygen atoms in total. The van der Waals surface area contributed by atoms with E-state index in [9.17, 15) is 4.39 Å². The van der Waals surface area contributed by atoms with E-state index in [0.29, 0.717) is 0 Å². The third-order valence-corrected chi connectivity index (χ3v) is 4.17. The minimum absolute atomic E-state index is 0.143. The molecule has 0 saturated carbocycles. The molecule has 0 aromatic heterocycles. The molecule has 0 aliphatic carbocycles. The van der Waals surface area contributed by atoms with Crippen molar-refractivity contribution in [1.29, 1.82) is 0 Å². The van der Waals surface area contributed by atoms with Crippen LogP contribution in [0.5, 0.6) is 0 Å². The minimum atomic E-state index is -0.143. The Morgan fingerprint density at radius 2 is 2.16 bits per heavy atom. The lowest BCUT2D eigenvalue weighted by Gasteiger charge is -2.25. The van der Waals surface area contributed by atoms with E-state index in [0.717, 1.165) is 31.1 Å². The molecule has 106 valence electrons. The number of halogens is 1. The van der Waals surface area contributed by atoms with Crippen LogP contribution in [0.2, 0.25) is 0 Å². The first kappa shape index (κ1) is 14.3. The first-order valence-corrected chi connectivity index (χ1v) is 7.42. The van der Waals surface area contributed by atoms with Gasteiger partial charge in [-0.15, -0.1) is 0 Å². The third-order valence-electron chi connectivity index (χ3n) is 4.17. The fourth-order valence-corrected chi connectivity index (χ4v) is 3.01. The predicted molar refractivity (Wildman–Crippen MR) is 79.0 cm³/mol. The van der Waals surface area contributed by atoms with E-state index < -0.39 is 0 Å². The summed E-state index contributed by atoms with van der Waals surface area (Å²) in [6.45, 7) is 5.20. The number of nitrogens with zero attached hydrogens (tertiary/aromatic N) is 1. The number of benzene rings is 1. The van der Waals surface area contributed by atoms with Gasteiger partial charge in [-0.1, -0.05) is 13.3 Å². The lowest BCUT2D eigenvalue weighted by molar-refractivity contribution is 0.459. The highest BCUT2D eigenvalue weighted by Gasteiger charge is 2.18. The van der Waals surface area contributed by atoms with Crippen molar-refractivity contribution in [3.8, 4) is 0 Å². The van der Waals surface area contributed by atoms with Crippen LogP contribution in [0.15, 0.2) is 18.2 Å². The van der Waals surface area contributed by atoms with Crippen molar-refractivity contribution in [2.75, 3.05) is 25.0 Å². The molecule has 1 fully saturated rings. The van der Waals surface area contributed by atoms with Crippen LogP contribution in [0.4, 0.5) is 10.1 Å². The summed E-state index contributed by atoms with van der Waals surface area (Å²) >= 11 is 0. The lowest BCUT2D eigenvalue weighted by Crippen LogP contribution is -2.26. The van der Waals surface area contributed by atoms with Crippen molar-refractivity contribution in [1.82, 2.24) is 5.32 Å². The predicted octanol–water partition coefficient (Wildman–Crippen LogP) is 3.56. The Morgan fingerprint density at radius 1 is 1.32 bits per heavy atom. The van der Waals surface area contributed by atoms with Crippen molar-refractivity contribution in [2.45, 2.75) is 39.2 Å². The summed E-state index contributed by atoms with van der Waals surface area (Å²) in [4.78, 5) is 2.43. The minimum Gasteiger partial charge on any atom is -0.371 e. The van der Waals surface area contributed by atoms with Crippen LogP contribution in [0, 0.1) is 11.7 Å². The average Bonchev–Trinajstić information content (AvgIpc) is 2.65. The summed E-state index contributed by atoms with van der Waals surface area (Å²) in [6, 6.07) is 5.18. The highest BCUT2D eigenvalue weighted by molar-refractivity contribution is 5.54. The van der Waals surface area contributed by atoms with Gasteiger partial charge < -0.3 is 10.2 Å². The molecule has 0 radical (unpaired) electrons. The molecule has 1 unspecified atom stereocenters. The summed E-state index contributed by atoms with van der Waals surface area (Å²) in [5, 5.41) is 3.13. The molecule has 1 saturated heterocycles. The maximum absolute atomic E-state index is 13.4. The quantitative estimate of drug-likeness (QED) is 0.894. The first-order chi connectivity index (χ1) is 9.24. The second-order valence-corrected chi connectivity index (χ2v) is 5.50. The Kier molecular flexibility index (Phi) is 5.20. The number of rotatable bonds is 4. The van der Waals surface area contributed by atoms with Crippen molar-refractivity contribution >= 4 is 5.69 Å². The largest absolute Gasteiger partial charge is 0.371 e. The van der Waals surface area contributed by atoms with Crippen LogP contribution in [-0.2, 0) is 6.54 Å². The second kappa shape index (κ2) is 6.90. The van der Waals surface area contributed by atoms with E-state index in [1.807, 2.05) is 13.1 Å². The van der Waals surface area contributed by atoms with Gasteiger partial charge in [0, 0.05) is 25.3 Å². The third kappa shape index (κ3) is 3.69. The van der Waals surface area contributed by atoms with E-state index in [1.54, 1.807) is 12.1 Å². The number of hydrogen-bond acceptors (Lipinski definition) is 2. The van der Waals surface area contributed by atoms with E-state index >= 15 is 0 Å². The Balaban J connectivity index is 2.16. The molecule has 1 N–H and O–H groups in total. The number of anilines is 1. The molecule has 2 rings (SSSR count). The van der Waals surface area contributed by atoms with E-state index in [2.05, 4.69) is 17.1 Å². The first-order valence-electron chi connectivity index (χ1n) is 7.42.